The molecule has 1 heterocycles. The second-order valence-electron chi connectivity index (χ2n) is 5.97. The second kappa shape index (κ2) is 6.37. The highest BCUT2D eigenvalue weighted by Gasteiger charge is 2.31. The van der Waals surface area contributed by atoms with Gasteiger partial charge >= 0.3 is 0 Å². The topological polar surface area (TPSA) is 60.9 Å². The molecule has 1 aliphatic heterocycles. The van der Waals surface area contributed by atoms with E-state index in [4.69, 9.17) is 0 Å². The minimum absolute atomic E-state index is 0.0306. The van der Waals surface area contributed by atoms with E-state index in [1.165, 1.54) is 0 Å². The summed E-state index contributed by atoms with van der Waals surface area (Å²) in [6.45, 7) is 9.03. The Labute approximate surface area is 115 Å². The van der Waals surface area contributed by atoms with E-state index in [0.717, 1.165) is 19.4 Å². The number of aliphatic hydroxyl groups is 1. The molecule has 0 aliphatic carbocycles. The molecular formula is C14H26N2O3. The van der Waals surface area contributed by atoms with Crippen molar-refractivity contribution in [2.45, 2.75) is 46.1 Å². The Kier molecular flexibility index (Phi) is 5.35. The van der Waals surface area contributed by atoms with Crippen LogP contribution >= 0.6 is 0 Å². The highest BCUT2D eigenvalue weighted by Crippen LogP contribution is 2.20. The fourth-order valence-electron chi connectivity index (χ4n) is 2.54. The van der Waals surface area contributed by atoms with Crippen LogP contribution in [0.4, 0.5) is 0 Å². The third-order valence-corrected chi connectivity index (χ3v) is 3.49. The van der Waals surface area contributed by atoms with Crippen LogP contribution in [0.3, 0.4) is 0 Å². The van der Waals surface area contributed by atoms with Crippen molar-refractivity contribution in [3.63, 3.8) is 0 Å². The number of piperidine rings is 1. The predicted molar refractivity (Wildman–Crippen MR) is 73.5 cm³/mol. The predicted octanol–water partition coefficient (Wildman–Crippen LogP) is 0.864. The van der Waals surface area contributed by atoms with Gasteiger partial charge in [-0.1, -0.05) is 0 Å². The molecular weight excluding hydrogens is 244 g/mol. The molecule has 1 atom stereocenters. The van der Waals surface area contributed by atoms with Crippen LogP contribution in [0.25, 0.3) is 0 Å². The molecule has 19 heavy (non-hydrogen) atoms. The first kappa shape index (κ1) is 16.0. The molecule has 0 saturated carbocycles. The molecule has 0 spiro atoms. The lowest BCUT2D eigenvalue weighted by Crippen LogP contribution is -2.49. The molecule has 0 radical (unpaired) electrons. The van der Waals surface area contributed by atoms with Crippen LogP contribution in [0.1, 0.15) is 40.5 Å². The maximum Gasteiger partial charge on any atom is 0.227 e. The summed E-state index contributed by atoms with van der Waals surface area (Å²) in [5.41, 5.74) is -0.888. The molecule has 1 saturated heterocycles. The summed E-state index contributed by atoms with van der Waals surface area (Å²) in [4.78, 5) is 27.3. The van der Waals surface area contributed by atoms with Crippen molar-refractivity contribution in [2.75, 3.05) is 26.2 Å². The van der Waals surface area contributed by atoms with Gasteiger partial charge in [0.15, 0.2) is 0 Å². The van der Waals surface area contributed by atoms with Gasteiger partial charge in [-0.2, -0.15) is 0 Å². The average Bonchev–Trinajstić information content (AvgIpc) is 2.34. The summed E-state index contributed by atoms with van der Waals surface area (Å²) in [7, 11) is 0. The van der Waals surface area contributed by atoms with Crippen LogP contribution < -0.4 is 0 Å². The number of likely N-dealkylation sites (tertiary alicyclic amines) is 1. The molecule has 1 rings (SSSR count). The summed E-state index contributed by atoms with van der Waals surface area (Å²) >= 11 is 0. The number of carbonyl (C=O) groups excluding carboxylic acids is 2. The highest BCUT2D eigenvalue weighted by molar-refractivity contribution is 5.80. The van der Waals surface area contributed by atoms with E-state index in [2.05, 4.69) is 0 Å². The van der Waals surface area contributed by atoms with Gasteiger partial charge in [0, 0.05) is 33.1 Å². The summed E-state index contributed by atoms with van der Waals surface area (Å²) in [5.74, 6) is -0.0430. The summed E-state index contributed by atoms with van der Waals surface area (Å²) in [6.07, 6.45) is 1.70. The zero-order valence-electron chi connectivity index (χ0n) is 12.5. The second-order valence-corrected chi connectivity index (χ2v) is 5.97. The standard InChI is InChI=1S/C14H26N2O3/c1-5-15(10-14(3,4)19)13(18)12-7-6-8-16(9-12)11(2)17/h12,19H,5-10H2,1-4H3. The van der Waals surface area contributed by atoms with Gasteiger partial charge in [-0.05, 0) is 33.6 Å². The van der Waals surface area contributed by atoms with Gasteiger partial charge < -0.3 is 14.9 Å². The molecule has 5 nitrogen and oxygen atoms in total. The molecule has 5 heteroatoms. The number of nitrogens with zero attached hydrogens (tertiary/aromatic N) is 2. The van der Waals surface area contributed by atoms with E-state index in [0.29, 0.717) is 19.6 Å². The monoisotopic (exact) mass is 270 g/mol. The Bertz CT molecular complexity index is 336. The van der Waals surface area contributed by atoms with E-state index in [1.54, 1.807) is 30.6 Å². The molecule has 1 N–H and O–H groups in total. The molecule has 1 unspecified atom stereocenters. The average molecular weight is 270 g/mol. The number of amides is 2. The Balaban J connectivity index is 2.66. The fourth-order valence-corrected chi connectivity index (χ4v) is 2.54. The first-order valence-corrected chi connectivity index (χ1v) is 7.01. The van der Waals surface area contributed by atoms with E-state index in [9.17, 15) is 14.7 Å². The molecule has 1 fully saturated rings. The Morgan fingerprint density at radius 1 is 1.42 bits per heavy atom. The first-order chi connectivity index (χ1) is 8.74. The van der Waals surface area contributed by atoms with Gasteiger partial charge in [0.2, 0.25) is 11.8 Å². The van der Waals surface area contributed by atoms with Gasteiger partial charge in [-0.25, -0.2) is 0 Å². The smallest absolute Gasteiger partial charge is 0.227 e. The van der Waals surface area contributed by atoms with E-state index < -0.39 is 5.60 Å². The van der Waals surface area contributed by atoms with Crippen molar-refractivity contribution < 1.29 is 14.7 Å². The van der Waals surface area contributed by atoms with Gasteiger partial charge in [-0.3, -0.25) is 9.59 Å². The lowest BCUT2D eigenvalue weighted by atomic mass is 9.95. The van der Waals surface area contributed by atoms with Gasteiger partial charge in [0.1, 0.15) is 0 Å². The van der Waals surface area contributed by atoms with Crippen LogP contribution in [0.2, 0.25) is 0 Å². The SMILES string of the molecule is CCN(CC(C)(C)O)C(=O)C1CCCN(C(C)=O)C1. The molecule has 2 amide bonds. The third kappa shape index (κ3) is 4.82. The van der Waals surface area contributed by atoms with Crippen LogP contribution in [-0.2, 0) is 9.59 Å². The van der Waals surface area contributed by atoms with E-state index in [1.807, 2.05) is 6.92 Å². The van der Waals surface area contributed by atoms with Crippen molar-refractivity contribution in [2.24, 2.45) is 5.92 Å². The fraction of sp³-hybridized carbons (Fsp3) is 0.857. The van der Waals surface area contributed by atoms with Crippen molar-refractivity contribution in [1.29, 1.82) is 0 Å². The molecule has 0 aromatic rings. The van der Waals surface area contributed by atoms with Crippen LogP contribution in [0.15, 0.2) is 0 Å². The largest absolute Gasteiger partial charge is 0.389 e. The Hall–Kier alpha value is -1.10. The van der Waals surface area contributed by atoms with Gasteiger partial charge in [0.05, 0.1) is 11.5 Å². The zero-order valence-corrected chi connectivity index (χ0v) is 12.5. The van der Waals surface area contributed by atoms with Crippen LogP contribution in [0, 0.1) is 5.92 Å². The Morgan fingerprint density at radius 3 is 2.53 bits per heavy atom. The van der Waals surface area contributed by atoms with Crippen LogP contribution in [-0.4, -0.2) is 58.5 Å². The van der Waals surface area contributed by atoms with E-state index >= 15 is 0 Å². The zero-order chi connectivity index (χ0) is 14.6. The van der Waals surface area contributed by atoms with Gasteiger partial charge in [-0.15, -0.1) is 0 Å². The van der Waals surface area contributed by atoms with Crippen molar-refractivity contribution in [3.05, 3.63) is 0 Å². The number of carbonyl (C=O) groups is 2. The van der Waals surface area contributed by atoms with Crippen molar-refractivity contribution >= 4 is 11.8 Å². The maximum atomic E-state index is 12.5. The quantitative estimate of drug-likeness (QED) is 0.824. The van der Waals surface area contributed by atoms with Crippen LogP contribution in [0.5, 0.6) is 0 Å². The third-order valence-electron chi connectivity index (χ3n) is 3.49. The molecule has 0 aromatic heterocycles. The lowest BCUT2D eigenvalue weighted by Gasteiger charge is -2.36. The minimum Gasteiger partial charge on any atom is -0.389 e. The summed E-state index contributed by atoms with van der Waals surface area (Å²) < 4.78 is 0. The van der Waals surface area contributed by atoms with E-state index in [-0.39, 0.29) is 17.7 Å². The minimum atomic E-state index is -0.888. The summed E-state index contributed by atoms with van der Waals surface area (Å²) in [6, 6.07) is 0. The van der Waals surface area contributed by atoms with Crippen molar-refractivity contribution in [3.8, 4) is 0 Å². The number of hydrogen-bond acceptors (Lipinski definition) is 3. The first-order valence-electron chi connectivity index (χ1n) is 7.01. The molecule has 0 aromatic carbocycles. The summed E-state index contributed by atoms with van der Waals surface area (Å²) in [5, 5.41) is 9.85. The molecule has 0 bridgehead atoms. The molecule has 110 valence electrons. The van der Waals surface area contributed by atoms with Gasteiger partial charge in [0.25, 0.3) is 0 Å². The Morgan fingerprint density at radius 2 is 2.05 bits per heavy atom. The number of likely N-dealkylation sites (N-methyl/N-ethyl adjacent to an activating group) is 1. The lowest BCUT2D eigenvalue weighted by molar-refractivity contribution is -0.142. The maximum absolute atomic E-state index is 12.5. The normalized spacial score (nSPS) is 20.3. The number of hydrogen-bond donors (Lipinski definition) is 1. The highest BCUT2D eigenvalue weighted by atomic mass is 16.3. The number of rotatable bonds is 4. The molecule has 1 aliphatic rings. The van der Waals surface area contributed by atoms with Crippen molar-refractivity contribution in [1.82, 2.24) is 9.80 Å².